The average molecular weight is 337 g/mol. The van der Waals surface area contributed by atoms with E-state index in [0.29, 0.717) is 18.4 Å². The lowest BCUT2D eigenvalue weighted by Gasteiger charge is -2.33. The van der Waals surface area contributed by atoms with Crippen LogP contribution in [0.4, 0.5) is 0 Å². The third-order valence-corrected chi connectivity index (χ3v) is 5.28. The molecule has 0 amide bonds. The minimum Gasteiger partial charge on any atom is -0.216 e. The normalized spacial score (nSPS) is 19.5. The van der Waals surface area contributed by atoms with Crippen LogP contribution in [0.5, 0.6) is 0 Å². The maximum Gasteiger partial charge on any atom is 0.274 e. The van der Waals surface area contributed by atoms with E-state index in [1.54, 1.807) is 0 Å². The van der Waals surface area contributed by atoms with Gasteiger partial charge in [-0.2, -0.15) is 8.42 Å². The van der Waals surface area contributed by atoms with Crippen LogP contribution in [0.25, 0.3) is 5.57 Å². The summed E-state index contributed by atoms with van der Waals surface area (Å²) in [5.74, 6) is 0.759. The smallest absolute Gasteiger partial charge is 0.216 e. The van der Waals surface area contributed by atoms with E-state index in [4.69, 9.17) is 5.14 Å². The van der Waals surface area contributed by atoms with E-state index in [2.05, 4.69) is 55.8 Å². The molecule has 0 aliphatic heterocycles. The minimum absolute atomic E-state index is 0.328. The van der Waals surface area contributed by atoms with Crippen molar-refractivity contribution in [2.45, 2.75) is 46.5 Å². The van der Waals surface area contributed by atoms with Gasteiger partial charge in [-0.05, 0) is 53.7 Å². The molecule has 0 saturated carbocycles. The molecule has 1 aromatic rings. The molecule has 1 aromatic carbocycles. The van der Waals surface area contributed by atoms with Crippen LogP contribution in [0.3, 0.4) is 0 Å². The first kappa shape index (κ1) is 18.2. The molecule has 0 radical (unpaired) electrons. The summed E-state index contributed by atoms with van der Waals surface area (Å²) in [4.78, 5) is 0. The fourth-order valence-electron chi connectivity index (χ4n) is 3.11. The molecule has 1 aliphatic carbocycles. The lowest BCUT2D eigenvalue weighted by molar-refractivity contribution is 0.225. The molecule has 1 atom stereocenters. The SMILES string of the molecule is CC(C)(C)C1CC=C(c2ccc(CCNS(N)(=O)=O)cc2)CC1. The molecule has 3 N–H and O–H groups in total. The molecule has 23 heavy (non-hydrogen) atoms. The number of hydrogen-bond acceptors (Lipinski definition) is 2. The maximum absolute atomic E-state index is 10.8. The van der Waals surface area contributed by atoms with Crippen molar-refractivity contribution in [3.63, 3.8) is 0 Å². The molecule has 128 valence electrons. The molecule has 2 rings (SSSR count). The standard InChI is InChI=1S/C18H28N2O2S/c1-18(2,3)17-10-8-16(9-11-17)15-6-4-14(5-7-15)12-13-20-23(19,21)22/h4-8,17,20H,9-13H2,1-3H3,(H2,19,21,22). The monoisotopic (exact) mass is 336 g/mol. The number of benzene rings is 1. The summed E-state index contributed by atoms with van der Waals surface area (Å²) in [6.45, 7) is 7.29. The largest absolute Gasteiger partial charge is 0.274 e. The van der Waals surface area contributed by atoms with Crippen LogP contribution in [0, 0.1) is 11.3 Å². The van der Waals surface area contributed by atoms with Crippen LogP contribution >= 0.6 is 0 Å². The zero-order valence-corrected chi connectivity index (χ0v) is 15.1. The van der Waals surface area contributed by atoms with Crippen molar-refractivity contribution in [1.82, 2.24) is 4.72 Å². The van der Waals surface area contributed by atoms with E-state index in [9.17, 15) is 8.42 Å². The van der Waals surface area contributed by atoms with E-state index in [-0.39, 0.29) is 0 Å². The van der Waals surface area contributed by atoms with Gasteiger partial charge in [-0.25, -0.2) is 9.86 Å². The van der Waals surface area contributed by atoms with Crippen LogP contribution in [0.15, 0.2) is 30.3 Å². The molecule has 1 unspecified atom stereocenters. The van der Waals surface area contributed by atoms with E-state index < -0.39 is 10.2 Å². The Morgan fingerprint density at radius 3 is 2.35 bits per heavy atom. The Bertz CT molecular complexity index is 655. The van der Waals surface area contributed by atoms with Crippen LogP contribution in [0.2, 0.25) is 0 Å². The van der Waals surface area contributed by atoms with Crippen molar-refractivity contribution in [3.8, 4) is 0 Å². The van der Waals surface area contributed by atoms with Gasteiger partial charge in [-0.1, -0.05) is 51.1 Å². The van der Waals surface area contributed by atoms with Gasteiger partial charge in [0.2, 0.25) is 0 Å². The van der Waals surface area contributed by atoms with Crippen LogP contribution < -0.4 is 9.86 Å². The molecule has 5 heteroatoms. The summed E-state index contributed by atoms with van der Waals surface area (Å²) in [5, 5.41) is 4.92. The fourth-order valence-corrected chi connectivity index (χ4v) is 3.49. The summed E-state index contributed by atoms with van der Waals surface area (Å²) >= 11 is 0. The second-order valence-corrected chi connectivity index (χ2v) is 8.83. The minimum atomic E-state index is -3.60. The molecular formula is C18H28N2O2S. The Labute approximate surface area is 140 Å². The van der Waals surface area contributed by atoms with Gasteiger partial charge < -0.3 is 0 Å². The van der Waals surface area contributed by atoms with E-state index in [1.165, 1.54) is 17.6 Å². The Morgan fingerprint density at radius 2 is 1.87 bits per heavy atom. The van der Waals surface area contributed by atoms with Gasteiger partial charge in [0.25, 0.3) is 10.2 Å². The summed E-state index contributed by atoms with van der Waals surface area (Å²) in [7, 11) is -3.60. The van der Waals surface area contributed by atoms with E-state index >= 15 is 0 Å². The Hall–Kier alpha value is -1.17. The molecule has 4 nitrogen and oxygen atoms in total. The van der Waals surface area contributed by atoms with Crippen LogP contribution in [-0.4, -0.2) is 15.0 Å². The number of allylic oxidation sites excluding steroid dienone is 2. The molecule has 1 aliphatic rings. The number of hydrogen-bond donors (Lipinski definition) is 2. The van der Waals surface area contributed by atoms with Crippen LogP contribution in [-0.2, 0) is 16.6 Å². The van der Waals surface area contributed by atoms with Crippen molar-refractivity contribution in [3.05, 3.63) is 41.5 Å². The molecule has 0 bridgehead atoms. The highest BCUT2D eigenvalue weighted by Gasteiger charge is 2.26. The van der Waals surface area contributed by atoms with E-state index in [0.717, 1.165) is 24.3 Å². The van der Waals surface area contributed by atoms with Gasteiger partial charge >= 0.3 is 0 Å². The van der Waals surface area contributed by atoms with Crippen molar-refractivity contribution < 1.29 is 8.42 Å². The van der Waals surface area contributed by atoms with Crippen molar-refractivity contribution in [1.29, 1.82) is 0 Å². The molecule has 0 spiro atoms. The predicted octanol–water partition coefficient (Wildman–Crippen LogP) is 3.25. The molecule has 0 heterocycles. The second kappa shape index (κ2) is 7.16. The van der Waals surface area contributed by atoms with Crippen LogP contribution in [0.1, 0.15) is 51.2 Å². The van der Waals surface area contributed by atoms with Crippen molar-refractivity contribution in [2.24, 2.45) is 16.5 Å². The number of nitrogens with one attached hydrogen (secondary N) is 1. The second-order valence-electron chi connectivity index (χ2n) is 7.45. The zero-order valence-electron chi connectivity index (χ0n) is 14.3. The predicted molar refractivity (Wildman–Crippen MR) is 96.0 cm³/mol. The van der Waals surface area contributed by atoms with Gasteiger partial charge in [0.15, 0.2) is 0 Å². The first-order chi connectivity index (χ1) is 10.6. The number of rotatable bonds is 5. The topological polar surface area (TPSA) is 72.2 Å². The lowest BCUT2D eigenvalue weighted by Crippen LogP contribution is -2.32. The Balaban J connectivity index is 1.94. The third kappa shape index (κ3) is 5.75. The quantitative estimate of drug-likeness (QED) is 0.866. The zero-order chi connectivity index (χ0) is 17.1. The average Bonchev–Trinajstić information content (AvgIpc) is 2.46. The van der Waals surface area contributed by atoms with Crippen molar-refractivity contribution >= 4 is 15.8 Å². The summed E-state index contributed by atoms with van der Waals surface area (Å²) in [6.07, 6.45) is 6.56. The first-order valence-electron chi connectivity index (χ1n) is 8.21. The first-order valence-corrected chi connectivity index (χ1v) is 9.75. The Kier molecular flexibility index (Phi) is 5.65. The molecular weight excluding hydrogens is 308 g/mol. The summed E-state index contributed by atoms with van der Waals surface area (Å²) in [6, 6.07) is 8.40. The van der Waals surface area contributed by atoms with Gasteiger partial charge in [-0.15, -0.1) is 0 Å². The van der Waals surface area contributed by atoms with Gasteiger partial charge in [-0.3, -0.25) is 0 Å². The molecule has 0 saturated heterocycles. The molecule has 0 fully saturated rings. The summed E-state index contributed by atoms with van der Waals surface area (Å²) < 4.78 is 24.0. The highest BCUT2D eigenvalue weighted by Crippen LogP contribution is 2.39. The van der Waals surface area contributed by atoms with Crippen molar-refractivity contribution in [2.75, 3.05) is 6.54 Å². The Morgan fingerprint density at radius 1 is 1.22 bits per heavy atom. The highest BCUT2D eigenvalue weighted by atomic mass is 32.2. The lowest BCUT2D eigenvalue weighted by atomic mass is 9.72. The van der Waals surface area contributed by atoms with Gasteiger partial charge in [0.1, 0.15) is 0 Å². The van der Waals surface area contributed by atoms with E-state index in [1.807, 2.05) is 0 Å². The fraction of sp³-hybridized carbons (Fsp3) is 0.556. The summed E-state index contributed by atoms with van der Waals surface area (Å²) in [5.41, 5.74) is 4.19. The van der Waals surface area contributed by atoms with Gasteiger partial charge in [0.05, 0.1) is 0 Å². The third-order valence-electron chi connectivity index (χ3n) is 4.68. The molecule has 0 aromatic heterocycles. The number of nitrogens with two attached hydrogens (primary N) is 1. The highest BCUT2D eigenvalue weighted by molar-refractivity contribution is 7.87. The maximum atomic E-state index is 10.8. The van der Waals surface area contributed by atoms with Gasteiger partial charge in [0, 0.05) is 6.54 Å².